The Hall–Kier alpha value is -2.32. The van der Waals surface area contributed by atoms with Crippen LogP contribution in [0.2, 0.25) is 0 Å². The van der Waals surface area contributed by atoms with E-state index in [1.807, 2.05) is 43.5 Å². The van der Waals surface area contributed by atoms with E-state index in [0.29, 0.717) is 10.6 Å². The molecule has 0 aromatic carbocycles. The first kappa shape index (κ1) is 19.4. The van der Waals surface area contributed by atoms with Crippen LogP contribution in [0.1, 0.15) is 44.1 Å². The average Bonchev–Trinajstić information content (AvgIpc) is 3.28. The molecule has 8 heteroatoms. The maximum atomic E-state index is 13.1. The number of pyridine rings is 1. The van der Waals surface area contributed by atoms with E-state index >= 15 is 0 Å². The quantitative estimate of drug-likeness (QED) is 0.599. The van der Waals surface area contributed by atoms with E-state index in [-0.39, 0.29) is 17.9 Å². The second kappa shape index (κ2) is 8.14. The van der Waals surface area contributed by atoms with E-state index in [1.54, 1.807) is 22.1 Å². The standard InChI is InChI=1S/C19H23N5OS2/c1-11(2)15(16-12(3)7-5-9-20-16)21-18(25)13(4)24-17(22-23-19(24)26)14-8-6-10-27-14/h5-11,13,15H,1-4H3,(H,21,25)(H,23,26). The zero-order valence-corrected chi connectivity index (χ0v) is 17.4. The van der Waals surface area contributed by atoms with Crippen molar-refractivity contribution in [2.45, 2.75) is 39.8 Å². The molecule has 2 atom stereocenters. The predicted octanol–water partition coefficient (Wildman–Crippen LogP) is 4.45. The molecular formula is C19H23N5OS2. The fraction of sp³-hybridized carbons (Fsp3) is 0.368. The van der Waals surface area contributed by atoms with Gasteiger partial charge in [0, 0.05) is 6.20 Å². The molecule has 0 aliphatic rings. The number of aromatic amines is 1. The minimum atomic E-state index is -0.501. The van der Waals surface area contributed by atoms with Crippen LogP contribution in [0.4, 0.5) is 0 Å². The van der Waals surface area contributed by atoms with Gasteiger partial charge in [-0.15, -0.1) is 11.3 Å². The van der Waals surface area contributed by atoms with Gasteiger partial charge in [0.15, 0.2) is 10.6 Å². The lowest BCUT2D eigenvalue weighted by atomic mass is 9.97. The van der Waals surface area contributed by atoms with Gasteiger partial charge in [0.25, 0.3) is 0 Å². The summed E-state index contributed by atoms with van der Waals surface area (Å²) in [6.07, 6.45) is 1.76. The molecule has 3 aromatic rings. The van der Waals surface area contributed by atoms with Crippen LogP contribution in [0.15, 0.2) is 35.8 Å². The Morgan fingerprint density at radius 2 is 2.07 bits per heavy atom. The van der Waals surface area contributed by atoms with Crippen LogP contribution in [-0.2, 0) is 4.79 Å². The number of carbonyl (C=O) groups is 1. The number of thiophene rings is 1. The van der Waals surface area contributed by atoms with Crippen LogP contribution in [0.5, 0.6) is 0 Å². The zero-order valence-electron chi connectivity index (χ0n) is 15.8. The van der Waals surface area contributed by atoms with Crippen LogP contribution < -0.4 is 5.32 Å². The van der Waals surface area contributed by atoms with Gasteiger partial charge in [-0.05, 0) is 55.1 Å². The number of hydrogen-bond acceptors (Lipinski definition) is 5. The molecule has 0 spiro atoms. The van der Waals surface area contributed by atoms with Crippen molar-refractivity contribution in [3.63, 3.8) is 0 Å². The van der Waals surface area contributed by atoms with Crippen LogP contribution in [0.3, 0.4) is 0 Å². The Bertz CT molecular complexity index is 974. The highest BCUT2D eigenvalue weighted by atomic mass is 32.1. The lowest BCUT2D eigenvalue weighted by molar-refractivity contribution is -0.125. The number of carbonyl (C=O) groups excluding carboxylic acids is 1. The summed E-state index contributed by atoms with van der Waals surface area (Å²) in [6, 6.07) is 7.15. The number of H-pyrrole nitrogens is 1. The highest BCUT2D eigenvalue weighted by Crippen LogP contribution is 2.27. The molecule has 2 unspecified atom stereocenters. The number of rotatable bonds is 6. The number of nitrogens with one attached hydrogen (secondary N) is 2. The van der Waals surface area contributed by atoms with E-state index in [4.69, 9.17) is 12.2 Å². The fourth-order valence-electron chi connectivity index (χ4n) is 3.01. The second-order valence-corrected chi connectivity index (χ2v) is 8.15. The van der Waals surface area contributed by atoms with Crippen LogP contribution in [0, 0.1) is 17.6 Å². The average molecular weight is 402 g/mol. The maximum absolute atomic E-state index is 13.1. The van der Waals surface area contributed by atoms with Crippen molar-refractivity contribution in [1.82, 2.24) is 25.1 Å². The lowest BCUT2D eigenvalue weighted by Gasteiger charge is -2.25. The Labute approximate surface area is 167 Å². The summed E-state index contributed by atoms with van der Waals surface area (Å²) < 4.78 is 2.19. The summed E-state index contributed by atoms with van der Waals surface area (Å²) in [5, 5.41) is 12.2. The van der Waals surface area contributed by atoms with Crippen molar-refractivity contribution >= 4 is 29.5 Å². The molecule has 2 N–H and O–H groups in total. The topological polar surface area (TPSA) is 75.6 Å². The van der Waals surface area contributed by atoms with E-state index in [1.165, 1.54) is 0 Å². The molecule has 3 aromatic heterocycles. The summed E-state index contributed by atoms with van der Waals surface area (Å²) in [4.78, 5) is 18.5. The molecule has 0 saturated heterocycles. The van der Waals surface area contributed by atoms with Crippen LogP contribution in [0.25, 0.3) is 10.7 Å². The Balaban J connectivity index is 1.89. The molecule has 3 heterocycles. The summed E-state index contributed by atoms with van der Waals surface area (Å²) in [5.74, 6) is 0.755. The van der Waals surface area contributed by atoms with Gasteiger partial charge in [0.1, 0.15) is 6.04 Å². The third-order valence-corrected chi connectivity index (χ3v) is 5.68. The van der Waals surface area contributed by atoms with Crippen molar-refractivity contribution in [1.29, 1.82) is 0 Å². The SMILES string of the molecule is Cc1cccnc1C(NC(=O)C(C)n1c(-c2cccs2)n[nH]c1=S)C(C)C. The molecule has 1 amide bonds. The minimum absolute atomic E-state index is 0.117. The van der Waals surface area contributed by atoms with Gasteiger partial charge in [-0.1, -0.05) is 26.0 Å². The molecule has 0 fully saturated rings. The first-order valence-corrected chi connectivity index (χ1v) is 10.1. The number of aromatic nitrogens is 4. The normalized spacial score (nSPS) is 13.5. The van der Waals surface area contributed by atoms with E-state index in [2.05, 4.69) is 34.3 Å². The van der Waals surface area contributed by atoms with Gasteiger partial charge in [-0.25, -0.2) is 0 Å². The molecule has 142 valence electrons. The Kier molecular flexibility index (Phi) is 5.86. The largest absolute Gasteiger partial charge is 0.346 e. The molecule has 0 radical (unpaired) electrons. The fourth-order valence-corrected chi connectivity index (χ4v) is 4.01. The monoisotopic (exact) mass is 401 g/mol. The molecule has 27 heavy (non-hydrogen) atoms. The van der Waals surface area contributed by atoms with E-state index in [0.717, 1.165) is 16.1 Å². The number of aryl methyl sites for hydroxylation is 1. The minimum Gasteiger partial charge on any atom is -0.346 e. The highest BCUT2D eigenvalue weighted by Gasteiger charge is 2.26. The molecule has 0 saturated carbocycles. The van der Waals surface area contributed by atoms with Crippen molar-refractivity contribution in [2.24, 2.45) is 5.92 Å². The summed E-state index contributed by atoms with van der Waals surface area (Å²) in [6.45, 7) is 7.99. The van der Waals surface area contributed by atoms with E-state index in [9.17, 15) is 4.79 Å². The highest BCUT2D eigenvalue weighted by molar-refractivity contribution is 7.71. The van der Waals surface area contributed by atoms with Gasteiger partial charge in [0.05, 0.1) is 16.6 Å². The molecule has 0 aliphatic carbocycles. The van der Waals surface area contributed by atoms with Crippen LogP contribution in [-0.4, -0.2) is 25.7 Å². The van der Waals surface area contributed by atoms with Gasteiger partial charge in [0.2, 0.25) is 5.91 Å². The summed E-state index contributed by atoms with van der Waals surface area (Å²) in [5.41, 5.74) is 1.95. The third kappa shape index (κ3) is 4.01. The summed E-state index contributed by atoms with van der Waals surface area (Å²) >= 11 is 6.94. The van der Waals surface area contributed by atoms with Gasteiger partial charge < -0.3 is 5.32 Å². The van der Waals surface area contributed by atoms with Crippen LogP contribution >= 0.6 is 23.6 Å². The Morgan fingerprint density at radius 3 is 2.70 bits per heavy atom. The molecular weight excluding hydrogens is 378 g/mol. The molecule has 0 bridgehead atoms. The molecule has 0 aliphatic heterocycles. The second-order valence-electron chi connectivity index (χ2n) is 6.81. The number of hydrogen-bond donors (Lipinski definition) is 2. The lowest BCUT2D eigenvalue weighted by Crippen LogP contribution is -2.37. The predicted molar refractivity (Wildman–Crippen MR) is 110 cm³/mol. The van der Waals surface area contributed by atoms with Crippen molar-refractivity contribution < 1.29 is 4.79 Å². The maximum Gasteiger partial charge on any atom is 0.243 e. The van der Waals surface area contributed by atoms with Gasteiger partial charge in [-0.2, -0.15) is 5.10 Å². The molecule has 3 rings (SSSR count). The number of amides is 1. The first-order valence-electron chi connectivity index (χ1n) is 8.82. The van der Waals surface area contributed by atoms with Gasteiger partial charge in [-0.3, -0.25) is 19.4 Å². The van der Waals surface area contributed by atoms with Gasteiger partial charge >= 0.3 is 0 Å². The summed E-state index contributed by atoms with van der Waals surface area (Å²) in [7, 11) is 0. The van der Waals surface area contributed by atoms with Crippen molar-refractivity contribution in [2.75, 3.05) is 0 Å². The first-order chi connectivity index (χ1) is 12.9. The zero-order chi connectivity index (χ0) is 19.6. The Morgan fingerprint density at radius 1 is 1.30 bits per heavy atom. The smallest absolute Gasteiger partial charge is 0.243 e. The third-order valence-electron chi connectivity index (χ3n) is 4.52. The number of nitrogens with zero attached hydrogens (tertiary/aromatic N) is 3. The van der Waals surface area contributed by atoms with Crippen molar-refractivity contribution in [3.8, 4) is 10.7 Å². The molecule has 6 nitrogen and oxygen atoms in total. The van der Waals surface area contributed by atoms with Crippen molar-refractivity contribution in [3.05, 3.63) is 51.9 Å². The van der Waals surface area contributed by atoms with E-state index < -0.39 is 6.04 Å².